The zero-order chi connectivity index (χ0) is 27.4. The van der Waals surface area contributed by atoms with Crippen LogP contribution < -0.4 is 5.32 Å². The highest BCUT2D eigenvalue weighted by atomic mass is 19.1. The lowest BCUT2D eigenvalue weighted by atomic mass is 10.1. The molecular formula is C28H27F2N5O4. The molecule has 2 atom stereocenters. The third-order valence-electron chi connectivity index (χ3n) is 6.53. The molecule has 1 aliphatic heterocycles. The van der Waals surface area contributed by atoms with E-state index < -0.39 is 17.5 Å². The molecule has 39 heavy (non-hydrogen) atoms. The molecule has 5 rings (SSSR count). The Balaban J connectivity index is 1.33. The van der Waals surface area contributed by atoms with Gasteiger partial charge in [0.05, 0.1) is 36.5 Å². The number of ether oxygens (including phenoxy) is 2. The molecule has 0 saturated carbocycles. The van der Waals surface area contributed by atoms with Crippen molar-refractivity contribution in [3.8, 4) is 0 Å². The van der Waals surface area contributed by atoms with Crippen LogP contribution >= 0.6 is 0 Å². The van der Waals surface area contributed by atoms with Gasteiger partial charge in [-0.3, -0.25) is 14.6 Å². The van der Waals surface area contributed by atoms with Gasteiger partial charge in [0.15, 0.2) is 12.1 Å². The molecule has 1 saturated heterocycles. The van der Waals surface area contributed by atoms with Crippen molar-refractivity contribution in [3.05, 3.63) is 83.7 Å². The van der Waals surface area contributed by atoms with Crippen molar-refractivity contribution >= 4 is 28.4 Å². The Hall–Kier alpha value is -4.09. The average molecular weight is 536 g/mol. The molecule has 0 aliphatic carbocycles. The number of aromatic nitrogens is 4. The number of nitrogens with zero attached hydrogens (tertiary/aromatic N) is 4. The predicted octanol–water partition coefficient (Wildman–Crippen LogP) is 4.62. The molecule has 11 heteroatoms. The number of rotatable bonds is 9. The summed E-state index contributed by atoms with van der Waals surface area (Å²) in [6.07, 6.45) is 9.92. The lowest BCUT2D eigenvalue weighted by Crippen LogP contribution is -2.25. The number of nitrogens with one attached hydrogen (secondary N) is 1. The summed E-state index contributed by atoms with van der Waals surface area (Å²) < 4.78 is 40.6. The van der Waals surface area contributed by atoms with Crippen molar-refractivity contribution in [2.75, 3.05) is 18.5 Å². The summed E-state index contributed by atoms with van der Waals surface area (Å²) in [6, 6.07) is 4.39. The third-order valence-corrected chi connectivity index (χ3v) is 6.53. The van der Waals surface area contributed by atoms with Crippen molar-refractivity contribution < 1.29 is 27.8 Å². The molecule has 2 unspecified atom stereocenters. The molecule has 4 aromatic rings. The molecule has 202 valence electrons. The topological polar surface area (TPSA) is 108 Å². The minimum atomic E-state index is -0.809. The summed E-state index contributed by atoms with van der Waals surface area (Å²) >= 11 is 0. The molecule has 4 heterocycles. The Labute approximate surface area is 223 Å². The molecule has 1 amide bonds. The van der Waals surface area contributed by atoms with Crippen LogP contribution in [0.3, 0.4) is 0 Å². The number of pyridine rings is 1. The lowest BCUT2D eigenvalue weighted by molar-refractivity contribution is -0.166. The molecule has 1 aromatic carbocycles. The summed E-state index contributed by atoms with van der Waals surface area (Å²) in [5, 5.41) is 3.19. The summed E-state index contributed by atoms with van der Waals surface area (Å²) in [6.45, 7) is 3.04. The van der Waals surface area contributed by atoms with E-state index in [9.17, 15) is 18.4 Å². The lowest BCUT2D eigenvalue weighted by Gasteiger charge is -2.24. The minimum absolute atomic E-state index is 0.0510. The normalized spacial score (nSPS) is 16.2. The fourth-order valence-corrected chi connectivity index (χ4v) is 4.51. The number of anilines is 1. The fraction of sp³-hybridized carbons (Fsp3) is 0.321. The predicted molar refractivity (Wildman–Crippen MR) is 138 cm³/mol. The van der Waals surface area contributed by atoms with E-state index in [4.69, 9.17) is 9.47 Å². The first kappa shape index (κ1) is 26.5. The van der Waals surface area contributed by atoms with Gasteiger partial charge in [-0.25, -0.2) is 18.7 Å². The van der Waals surface area contributed by atoms with Gasteiger partial charge in [0.25, 0.3) is 0 Å². The highest BCUT2D eigenvalue weighted by molar-refractivity contribution is 6.16. The van der Waals surface area contributed by atoms with Crippen LogP contribution in [0.4, 0.5) is 14.5 Å². The SMILES string of the molecule is CC(COC1CCCCO1)n1cc(C(=O)c2cncc(NC(=O)Cc3ccc(F)cc3F)c2)c2cncnc21. The quantitative estimate of drug-likeness (QED) is 0.312. The molecule has 9 nitrogen and oxygen atoms in total. The van der Waals surface area contributed by atoms with E-state index in [0.29, 0.717) is 29.8 Å². The van der Waals surface area contributed by atoms with Crippen LogP contribution in [-0.2, 0) is 20.7 Å². The smallest absolute Gasteiger partial charge is 0.228 e. The molecule has 1 fully saturated rings. The number of hydrogen-bond donors (Lipinski definition) is 1. The Kier molecular flexibility index (Phi) is 7.99. The number of carbonyl (C=O) groups excluding carboxylic acids is 2. The highest BCUT2D eigenvalue weighted by Crippen LogP contribution is 2.26. The molecule has 1 aliphatic rings. The Morgan fingerprint density at radius 2 is 2.05 bits per heavy atom. The van der Waals surface area contributed by atoms with Crippen LogP contribution in [0.1, 0.15) is 53.7 Å². The first-order chi connectivity index (χ1) is 18.9. The summed E-state index contributed by atoms with van der Waals surface area (Å²) in [5.74, 6) is -2.39. The number of carbonyl (C=O) groups is 2. The van der Waals surface area contributed by atoms with Crippen molar-refractivity contribution in [1.29, 1.82) is 0 Å². The van der Waals surface area contributed by atoms with Gasteiger partial charge in [0, 0.05) is 42.2 Å². The van der Waals surface area contributed by atoms with Gasteiger partial charge < -0.3 is 19.4 Å². The number of amides is 1. The third kappa shape index (κ3) is 6.15. The number of hydrogen-bond acceptors (Lipinski definition) is 7. The minimum Gasteiger partial charge on any atom is -0.353 e. The zero-order valence-electron chi connectivity index (χ0n) is 21.3. The zero-order valence-corrected chi connectivity index (χ0v) is 21.3. The Bertz CT molecular complexity index is 1500. The van der Waals surface area contributed by atoms with Gasteiger partial charge in [-0.2, -0.15) is 0 Å². The molecule has 3 aromatic heterocycles. The van der Waals surface area contributed by atoms with Crippen molar-refractivity contribution in [1.82, 2.24) is 19.5 Å². The molecule has 0 bridgehead atoms. The molecular weight excluding hydrogens is 508 g/mol. The van der Waals surface area contributed by atoms with E-state index >= 15 is 0 Å². The Morgan fingerprint density at radius 1 is 1.18 bits per heavy atom. The summed E-state index contributed by atoms with van der Waals surface area (Å²) in [7, 11) is 0. The van der Waals surface area contributed by atoms with E-state index in [1.54, 1.807) is 12.4 Å². The van der Waals surface area contributed by atoms with E-state index in [2.05, 4.69) is 20.3 Å². The molecule has 0 radical (unpaired) electrons. The maximum atomic E-state index is 13.9. The van der Waals surface area contributed by atoms with Crippen molar-refractivity contribution in [2.45, 2.75) is 44.9 Å². The summed E-state index contributed by atoms with van der Waals surface area (Å²) in [5.41, 5.74) is 1.53. The largest absolute Gasteiger partial charge is 0.353 e. The second-order valence-corrected chi connectivity index (χ2v) is 9.44. The van der Waals surface area contributed by atoms with Crippen molar-refractivity contribution in [2.24, 2.45) is 0 Å². The highest BCUT2D eigenvalue weighted by Gasteiger charge is 2.22. The van der Waals surface area contributed by atoms with Crippen molar-refractivity contribution in [3.63, 3.8) is 0 Å². The number of fused-ring (bicyclic) bond motifs is 1. The van der Waals surface area contributed by atoms with Gasteiger partial charge in [-0.15, -0.1) is 0 Å². The van der Waals surface area contributed by atoms with Crippen LogP contribution in [0.5, 0.6) is 0 Å². The van der Waals surface area contributed by atoms with Gasteiger partial charge in [-0.05, 0) is 43.9 Å². The number of benzene rings is 1. The van der Waals surface area contributed by atoms with Crippen LogP contribution in [0, 0.1) is 11.6 Å². The molecule has 0 spiro atoms. The molecule has 1 N–H and O–H groups in total. The van der Waals surface area contributed by atoms with Crippen LogP contribution in [0.25, 0.3) is 11.0 Å². The van der Waals surface area contributed by atoms with Crippen LogP contribution in [-0.4, -0.2) is 50.7 Å². The van der Waals surface area contributed by atoms with E-state index in [-0.39, 0.29) is 41.4 Å². The second-order valence-electron chi connectivity index (χ2n) is 9.44. The van der Waals surface area contributed by atoms with E-state index in [1.807, 2.05) is 11.5 Å². The van der Waals surface area contributed by atoms with Crippen LogP contribution in [0.2, 0.25) is 0 Å². The maximum absolute atomic E-state index is 13.9. The van der Waals surface area contributed by atoms with E-state index in [1.165, 1.54) is 30.9 Å². The van der Waals surface area contributed by atoms with E-state index in [0.717, 1.165) is 31.4 Å². The monoisotopic (exact) mass is 535 g/mol. The first-order valence-electron chi connectivity index (χ1n) is 12.7. The number of ketones is 1. The summed E-state index contributed by atoms with van der Waals surface area (Å²) in [4.78, 5) is 38.6. The van der Waals surface area contributed by atoms with Crippen LogP contribution in [0.15, 0.2) is 55.4 Å². The Morgan fingerprint density at radius 3 is 2.85 bits per heavy atom. The van der Waals surface area contributed by atoms with Gasteiger partial charge in [0.1, 0.15) is 23.6 Å². The second kappa shape index (κ2) is 11.7. The first-order valence-corrected chi connectivity index (χ1v) is 12.7. The van der Waals surface area contributed by atoms with Gasteiger partial charge in [0.2, 0.25) is 5.91 Å². The van der Waals surface area contributed by atoms with Gasteiger partial charge >= 0.3 is 0 Å². The number of halogens is 2. The average Bonchev–Trinajstić information content (AvgIpc) is 3.33. The van der Waals surface area contributed by atoms with Gasteiger partial charge in [-0.1, -0.05) is 6.07 Å². The standard InChI is InChI=1S/C28H27F2N5O4/c1-17(15-39-26-4-2-3-7-38-26)35-14-23(22-13-32-16-33-28(22)35)27(37)19-8-21(12-31-11-19)34-25(36)9-18-5-6-20(29)10-24(18)30/h5-6,8,10-14,16-17,26H,2-4,7,9,15H2,1H3,(H,34,36). The maximum Gasteiger partial charge on any atom is 0.228 e. The fourth-order valence-electron chi connectivity index (χ4n) is 4.51.